The number of likely N-dealkylation sites (N-methyl/N-ethyl adjacent to an activating group) is 1. The SMILES string of the molecule is CC1C[C@H](c2ccccc2)CN(C)C1. The van der Waals surface area contributed by atoms with Crippen molar-refractivity contribution in [3.63, 3.8) is 0 Å². The molecule has 1 unspecified atom stereocenters. The molecule has 0 amide bonds. The van der Waals surface area contributed by atoms with E-state index in [0.717, 1.165) is 11.8 Å². The third-order valence-electron chi connectivity index (χ3n) is 3.11. The first-order valence-electron chi connectivity index (χ1n) is 5.49. The smallest absolute Gasteiger partial charge is 0.00474 e. The third-order valence-corrected chi connectivity index (χ3v) is 3.11. The second kappa shape index (κ2) is 4.14. The first-order valence-corrected chi connectivity index (χ1v) is 5.49. The van der Waals surface area contributed by atoms with Crippen molar-refractivity contribution in [2.45, 2.75) is 19.3 Å². The van der Waals surface area contributed by atoms with Gasteiger partial charge in [-0.15, -0.1) is 0 Å². The van der Waals surface area contributed by atoms with Crippen LogP contribution >= 0.6 is 0 Å². The van der Waals surface area contributed by atoms with Crippen LogP contribution in [0.25, 0.3) is 0 Å². The molecule has 1 aromatic carbocycles. The molecule has 0 aromatic heterocycles. The van der Waals surface area contributed by atoms with Gasteiger partial charge in [-0.1, -0.05) is 37.3 Å². The Hall–Kier alpha value is -0.820. The van der Waals surface area contributed by atoms with E-state index in [4.69, 9.17) is 0 Å². The fourth-order valence-corrected chi connectivity index (χ4v) is 2.58. The van der Waals surface area contributed by atoms with Gasteiger partial charge in [0.1, 0.15) is 0 Å². The Morgan fingerprint density at radius 2 is 1.86 bits per heavy atom. The summed E-state index contributed by atoms with van der Waals surface area (Å²) >= 11 is 0. The molecule has 0 bridgehead atoms. The Bertz CT molecular complexity index is 271. The van der Waals surface area contributed by atoms with Gasteiger partial charge in [0.2, 0.25) is 0 Å². The molecule has 2 rings (SSSR count). The molecule has 1 aliphatic heterocycles. The number of hydrogen-bond acceptors (Lipinski definition) is 1. The Labute approximate surface area is 86.7 Å². The third kappa shape index (κ3) is 2.16. The van der Waals surface area contributed by atoms with Crippen LogP contribution in [0.4, 0.5) is 0 Å². The van der Waals surface area contributed by atoms with E-state index in [1.54, 1.807) is 0 Å². The number of piperidine rings is 1. The number of nitrogens with zero attached hydrogens (tertiary/aromatic N) is 1. The molecule has 0 N–H and O–H groups in total. The minimum Gasteiger partial charge on any atom is -0.305 e. The molecule has 2 atom stereocenters. The lowest BCUT2D eigenvalue weighted by atomic mass is 9.86. The van der Waals surface area contributed by atoms with E-state index in [1.807, 2.05) is 0 Å². The Kier molecular flexibility index (Phi) is 2.87. The maximum atomic E-state index is 2.45. The lowest BCUT2D eigenvalue weighted by Gasteiger charge is -2.34. The normalized spacial score (nSPS) is 29.0. The van der Waals surface area contributed by atoms with Crippen LogP contribution in [-0.4, -0.2) is 25.0 Å². The summed E-state index contributed by atoms with van der Waals surface area (Å²) in [5.74, 6) is 1.57. The molecule has 1 heterocycles. The van der Waals surface area contributed by atoms with E-state index in [0.29, 0.717) is 0 Å². The van der Waals surface area contributed by atoms with Crippen molar-refractivity contribution >= 4 is 0 Å². The number of likely N-dealkylation sites (tertiary alicyclic amines) is 1. The maximum Gasteiger partial charge on any atom is 0.00474 e. The lowest BCUT2D eigenvalue weighted by Crippen LogP contribution is -2.35. The van der Waals surface area contributed by atoms with Gasteiger partial charge < -0.3 is 4.90 Å². The van der Waals surface area contributed by atoms with Gasteiger partial charge in [-0.25, -0.2) is 0 Å². The maximum absolute atomic E-state index is 2.45. The zero-order valence-electron chi connectivity index (χ0n) is 9.11. The van der Waals surface area contributed by atoms with Crippen LogP contribution < -0.4 is 0 Å². The molecule has 1 heteroatoms. The van der Waals surface area contributed by atoms with Crippen molar-refractivity contribution in [1.29, 1.82) is 0 Å². The Morgan fingerprint density at radius 3 is 2.50 bits per heavy atom. The fourth-order valence-electron chi connectivity index (χ4n) is 2.58. The van der Waals surface area contributed by atoms with Crippen LogP contribution in [0.2, 0.25) is 0 Å². The minimum atomic E-state index is 0.741. The monoisotopic (exact) mass is 189 g/mol. The number of benzene rings is 1. The first-order chi connectivity index (χ1) is 6.75. The minimum absolute atomic E-state index is 0.741. The van der Waals surface area contributed by atoms with Gasteiger partial charge in [0.15, 0.2) is 0 Å². The van der Waals surface area contributed by atoms with Crippen molar-refractivity contribution in [2.75, 3.05) is 20.1 Å². The van der Waals surface area contributed by atoms with Crippen LogP contribution in [0, 0.1) is 5.92 Å². The predicted molar refractivity (Wildman–Crippen MR) is 60.5 cm³/mol. The average molecular weight is 189 g/mol. The summed E-state index contributed by atoms with van der Waals surface area (Å²) in [4.78, 5) is 2.45. The summed E-state index contributed by atoms with van der Waals surface area (Å²) in [5, 5.41) is 0. The van der Waals surface area contributed by atoms with Crippen molar-refractivity contribution in [2.24, 2.45) is 5.92 Å². The van der Waals surface area contributed by atoms with Crippen LogP contribution in [0.3, 0.4) is 0 Å². The number of hydrogen-bond donors (Lipinski definition) is 0. The van der Waals surface area contributed by atoms with E-state index >= 15 is 0 Å². The van der Waals surface area contributed by atoms with E-state index in [-0.39, 0.29) is 0 Å². The molecule has 1 saturated heterocycles. The molecule has 0 spiro atoms. The van der Waals surface area contributed by atoms with E-state index < -0.39 is 0 Å². The summed E-state index contributed by atoms with van der Waals surface area (Å²) in [6, 6.07) is 10.9. The van der Waals surface area contributed by atoms with Gasteiger partial charge in [-0.05, 0) is 30.9 Å². The molecule has 1 aromatic rings. The largest absolute Gasteiger partial charge is 0.305 e. The van der Waals surface area contributed by atoms with Gasteiger partial charge >= 0.3 is 0 Å². The van der Waals surface area contributed by atoms with Gasteiger partial charge in [0.05, 0.1) is 0 Å². The summed E-state index contributed by atoms with van der Waals surface area (Å²) in [6.07, 6.45) is 1.34. The Balaban J connectivity index is 2.11. The Morgan fingerprint density at radius 1 is 1.14 bits per heavy atom. The molecule has 0 aliphatic carbocycles. The standard InChI is InChI=1S/C13H19N/c1-11-8-13(10-14(2)9-11)12-6-4-3-5-7-12/h3-7,11,13H,8-10H2,1-2H3/t11?,13-/m0/s1. The van der Waals surface area contributed by atoms with Gasteiger partial charge in [0.25, 0.3) is 0 Å². The highest BCUT2D eigenvalue weighted by atomic mass is 15.1. The van der Waals surface area contributed by atoms with Gasteiger partial charge in [-0.2, -0.15) is 0 Å². The molecule has 0 radical (unpaired) electrons. The topological polar surface area (TPSA) is 3.24 Å². The molecule has 76 valence electrons. The molecule has 1 nitrogen and oxygen atoms in total. The van der Waals surface area contributed by atoms with Crippen LogP contribution in [-0.2, 0) is 0 Å². The second-order valence-electron chi connectivity index (χ2n) is 4.67. The molecular weight excluding hydrogens is 170 g/mol. The highest BCUT2D eigenvalue weighted by molar-refractivity contribution is 5.20. The van der Waals surface area contributed by atoms with Crippen LogP contribution in [0.1, 0.15) is 24.8 Å². The quantitative estimate of drug-likeness (QED) is 0.656. The van der Waals surface area contributed by atoms with Crippen molar-refractivity contribution in [1.82, 2.24) is 4.90 Å². The lowest BCUT2D eigenvalue weighted by molar-refractivity contribution is 0.198. The average Bonchev–Trinajstić information content (AvgIpc) is 2.18. The summed E-state index contributed by atoms with van der Waals surface area (Å²) in [6.45, 7) is 4.82. The van der Waals surface area contributed by atoms with Crippen LogP contribution in [0.15, 0.2) is 30.3 Å². The summed E-state index contributed by atoms with van der Waals surface area (Å²) < 4.78 is 0. The van der Waals surface area contributed by atoms with Crippen molar-refractivity contribution < 1.29 is 0 Å². The number of rotatable bonds is 1. The van der Waals surface area contributed by atoms with E-state index in [9.17, 15) is 0 Å². The fraction of sp³-hybridized carbons (Fsp3) is 0.538. The highest BCUT2D eigenvalue weighted by Crippen LogP contribution is 2.28. The predicted octanol–water partition coefficient (Wildman–Crippen LogP) is 2.74. The van der Waals surface area contributed by atoms with E-state index in [2.05, 4.69) is 49.2 Å². The zero-order valence-corrected chi connectivity index (χ0v) is 9.11. The van der Waals surface area contributed by atoms with Gasteiger partial charge in [0, 0.05) is 13.1 Å². The summed E-state index contributed by atoms with van der Waals surface area (Å²) in [7, 11) is 2.23. The zero-order chi connectivity index (χ0) is 9.97. The van der Waals surface area contributed by atoms with E-state index in [1.165, 1.54) is 25.1 Å². The molecule has 1 aliphatic rings. The van der Waals surface area contributed by atoms with Crippen molar-refractivity contribution in [3.8, 4) is 0 Å². The molecule has 0 saturated carbocycles. The molecular formula is C13H19N. The highest BCUT2D eigenvalue weighted by Gasteiger charge is 2.23. The van der Waals surface area contributed by atoms with Crippen LogP contribution in [0.5, 0.6) is 0 Å². The first kappa shape index (κ1) is 9.72. The van der Waals surface area contributed by atoms with Crippen molar-refractivity contribution in [3.05, 3.63) is 35.9 Å². The molecule has 14 heavy (non-hydrogen) atoms. The van der Waals surface area contributed by atoms with Gasteiger partial charge in [-0.3, -0.25) is 0 Å². The molecule has 1 fully saturated rings. The second-order valence-corrected chi connectivity index (χ2v) is 4.67. The summed E-state index contributed by atoms with van der Waals surface area (Å²) in [5.41, 5.74) is 1.51.